The molecule has 1 aromatic rings. The lowest BCUT2D eigenvalue weighted by atomic mass is 9.92. The van der Waals surface area contributed by atoms with Crippen LogP contribution in [0.1, 0.15) is 17.9 Å². The van der Waals surface area contributed by atoms with Gasteiger partial charge in [0, 0.05) is 38.6 Å². The van der Waals surface area contributed by atoms with E-state index in [9.17, 15) is 4.79 Å². The molecule has 5 nitrogen and oxygen atoms in total. The fraction of sp³-hybridized carbons (Fsp3) is 0.562. The molecule has 23 heavy (non-hydrogen) atoms. The molecule has 0 radical (unpaired) electrons. The number of urea groups is 1. The van der Waals surface area contributed by atoms with Gasteiger partial charge in [0.25, 0.3) is 0 Å². The van der Waals surface area contributed by atoms with Crippen molar-refractivity contribution in [3.05, 3.63) is 33.8 Å². The normalized spacial score (nSPS) is 25.8. The monoisotopic (exact) mass is 357 g/mol. The molecule has 1 aromatic carbocycles. The van der Waals surface area contributed by atoms with Crippen LogP contribution >= 0.6 is 23.2 Å². The van der Waals surface area contributed by atoms with Crippen molar-refractivity contribution >= 4 is 29.2 Å². The Hall–Kier alpha value is -1.01. The third-order valence-electron chi connectivity index (χ3n) is 4.36. The minimum Gasteiger partial charge on any atom is -0.374 e. The van der Waals surface area contributed by atoms with Crippen molar-refractivity contribution in [3.8, 4) is 0 Å². The Morgan fingerprint density at radius 2 is 2.13 bits per heavy atom. The lowest BCUT2D eigenvalue weighted by molar-refractivity contribution is 0.0295. The molecule has 3 rings (SSSR count). The molecule has 0 saturated carbocycles. The van der Waals surface area contributed by atoms with Gasteiger partial charge in [-0.15, -0.1) is 0 Å². The molecular formula is C16H21Cl2N3O2. The highest BCUT2D eigenvalue weighted by Crippen LogP contribution is 2.30. The molecule has 2 fully saturated rings. The second kappa shape index (κ2) is 7.71. The van der Waals surface area contributed by atoms with Crippen LogP contribution in [0.5, 0.6) is 0 Å². The topological polar surface area (TPSA) is 53.6 Å². The maximum atomic E-state index is 12.0. The summed E-state index contributed by atoms with van der Waals surface area (Å²) >= 11 is 12.2. The molecular weight excluding hydrogens is 337 g/mol. The molecule has 2 amide bonds. The third kappa shape index (κ3) is 4.10. The summed E-state index contributed by atoms with van der Waals surface area (Å²) in [4.78, 5) is 13.8. The van der Waals surface area contributed by atoms with Crippen molar-refractivity contribution in [2.24, 2.45) is 0 Å². The van der Waals surface area contributed by atoms with Crippen LogP contribution in [0.15, 0.2) is 18.2 Å². The van der Waals surface area contributed by atoms with Crippen LogP contribution in [0, 0.1) is 0 Å². The number of nitrogens with one attached hydrogen (secondary N) is 2. The second-order valence-electron chi connectivity index (χ2n) is 5.92. The molecule has 7 heteroatoms. The Bertz CT molecular complexity index is 570. The van der Waals surface area contributed by atoms with Gasteiger partial charge in [-0.1, -0.05) is 29.3 Å². The van der Waals surface area contributed by atoms with Crippen molar-refractivity contribution < 1.29 is 9.53 Å². The standard InChI is InChI=1S/C16H21Cl2N3O2/c17-13-3-2-11(8-14(13)18)12-9-19-5-7-23-15(12)10-21-6-1-4-20-16(21)22/h2-3,8,12,15,19H,1,4-7,9-10H2,(H,20,22). The zero-order valence-electron chi connectivity index (χ0n) is 12.9. The van der Waals surface area contributed by atoms with E-state index < -0.39 is 0 Å². The zero-order valence-corrected chi connectivity index (χ0v) is 14.4. The van der Waals surface area contributed by atoms with Gasteiger partial charge in [-0.25, -0.2) is 4.79 Å². The average molecular weight is 358 g/mol. The van der Waals surface area contributed by atoms with Gasteiger partial charge in [-0.3, -0.25) is 0 Å². The predicted octanol–water partition coefficient (Wildman–Crippen LogP) is 2.48. The Kier molecular flexibility index (Phi) is 5.64. The largest absolute Gasteiger partial charge is 0.374 e. The molecule has 2 heterocycles. The summed E-state index contributed by atoms with van der Waals surface area (Å²) in [6.07, 6.45) is 0.903. The average Bonchev–Trinajstić information content (AvgIpc) is 2.78. The van der Waals surface area contributed by atoms with Crippen molar-refractivity contribution in [2.75, 3.05) is 39.3 Å². The number of amides is 2. The van der Waals surface area contributed by atoms with Gasteiger partial charge < -0.3 is 20.3 Å². The van der Waals surface area contributed by atoms with Crippen molar-refractivity contribution in [3.63, 3.8) is 0 Å². The SMILES string of the molecule is O=C1NCCCN1CC1OCCNCC1c1ccc(Cl)c(Cl)c1. The van der Waals surface area contributed by atoms with E-state index in [4.69, 9.17) is 27.9 Å². The van der Waals surface area contributed by atoms with Crippen LogP contribution in [0.2, 0.25) is 10.0 Å². The summed E-state index contributed by atoms with van der Waals surface area (Å²) in [5.41, 5.74) is 1.08. The van der Waals surface area contributed by atoms with Gasteiger partial charge in [0.2, 0.25) is 0 Å². The highest BCUT2D eigenvalue weighted by molar-refractivity contribution is 6.42. The van der Waals surface area contributed by atoms with Crippen LogP contribution in [-0.4, -0.2) is 56.4 Å². The first-order valence-electron chi connectivity index (χ1n) is 7.95. The van der Waals surface area contributed by atoms with E-state index in [-0.39, 0.29) is 18.1 Å². The van der Waals surface area contributed by atoms with Gasteiger partial charge in [-0.05, 0) is 24.1 Å². The predicted molar refractivity (Wildman–Crippen MR) is 91.4 cm³/mol. The molecule has 2 aliphatic heterocycles. The summed E-state index contributed by atoms with van der Waals surface area (Å²) in [5, 5.41) is 7.36. The molecule has 126 valence electrons. The first kappa shape index (κ1) is 16.8. The smallest absolute Gasteiger partial charge is 0.317 e. The summed E-state index contributed by atoms with van der Waals surface area (Å²) in [5.74, 6) is 0.127. The fourth-order valence-corrected chi connectivity index (χ4v) is 3.42. The zero-order chi connectivity index (χ0) is 16.2. The number of hydrogen-bond donors (Lipinski definition) is 2. The second-order valence-corrected chi connectivity index (χ2v) is 6.74. The molecule has 0 aliphatic carbocycles. The molecule has 2 atom stereocenters. The Morgan fingerprint density at radius 3 is 2.91 bits per heavy atom. The van der Waals surface area contributed by atoms with E-state index in [0.29, 0.717) is 23.2 Å². The number of rotatable bonds is 3. The Morgan fingerprint density at radius 1 is 1.26 bits per heavy atom. The highest BCUT2D eigenvalue weighted by Gasteiger charge is 2.30. The summed E-state index contributed by atoms with van der Waals surface area (Å²) in [7, 11) is 0. The van der Waals surface area contributed by atoms with E-state index in [2.05, 4.69) is 10.6 Å². The highest BCUT2D eigenvalue weighted by atomic mass is 35.5. The van der Waals surface area contributed by atoms with E-state index in [0.717, 1.165) is 38.2 Å². The van der Waals surface area contributed by atoms with Crippen LogP contribution in [0.25, 0.3) is 0 Å². The quantitative estimate of drug-likeness (QED) is 0.873. The van der Waals surface area contributed by atoms with Crippen LogP contribution in [0.4, 0.5) is 4.79 Å². The van der Waals surface area contributed by atoms with E-state index in [1.807, 2.05) is 23.1 Å². The lowest BCUT2D eigenvalue weighted by Gasteiger charge is -2.33. The molecule has 2 N–H and O–H groups in total. The lowest BCUT2D eigenvalue weighted by Crippen LogP contribution is -2.50. The number of hydrogen-bond acceptors (Lipinski definition) is 3. The number of nitrogens with zero attached hydrogens (tertiary/aromatic N) is 1. The van der Waals surface area contributed by atoms with Crippen molar-refractivity contribution in [2.45, 2.75) is 18.4 Å². The number of halogens is 2. The fourth-order valence-electron chi connectivity index (χ4n) is 3.11. The van der Waals surface area contributed by atoms with E-state index in [1.54, 1.807) is 0 Å². The van der Waals surface area contributed by atoms with Crippen LogP contribution in [0.3, 0.4) is 0 Å². The van der Waals surface area contributed by atoms with Gasteiger partial charge in [0.05, 0.1) is 22.8 Å². The van der Waals surface area contributed by atoms with E-state index >= 15 is 0 Å². The van der Waals surface area contributed by atoms with Crippen LogP contribution < -0.4 is 10.6 Å². The number of ether oxygens (including phenoxy) is 1. The minimum absolute atomic E-state index is 0.00931. The Balaban J connectivity index is 1.79. The summed E-state index contributed by atoms with van der Waals surface area (Å²) in [6.45, 7) is 4.33. The third-order valence-corrected chi connectivity index (χ3v) is 5.10. The molecule has 2 aliphatic rings. The van der Waals surface area contributed by atoms with Gasteiger partial charge in [0.1, 0.15) is 0 Å². The van der Waals surface area contributed by atoms with E-state index in [1.165, 1.54) is 0 Å². The molecule has 0 bridgehead atoms. The minimum atomic E-state index is -0.0638. The summed E-state index contributed by atoms with van der Waals surface area (Å²) in [6, 6.07) is 5.69. The van der Waals surface area contributed by atoms with Crippen LogP contribution in [-0.2, 0) is 4.74 Å². The van der Waals surface area contributed by atoms with Gasteiger partial charge in [0.15, 0.2) is 0 Å². The molecule has 0 spiro atoms. The number of benzene rings is 1. The number of carbonyl (C=O) groups excluding carboxylic acids is 1. The summed E-state index contributed by atoms with van der Waals surface area (Å²) < 4.78 is 6.03. The first-order chi connectivity index (χ1) is 11.1. The first-order valence-corrected chi connectivity index (χ1v) is 8.71. The maximum absolute atomic E-state index is 12.0. The molecule has 2 unspecified atom stereocenters. The van der Waals surface area contributed by atoms with Crippen molar-refractivity contribution in [1.82, 2.24) is 15.5 Å². The van der Waals surface area contributed by atoms with Crippen molar-refractivity contribution in [1.29, 1.82) is 0 Å². The van der Waals surface area contributed by atoms with Gasteiger partial charge in [-0.2, -0.15) is 0 Å². The number of carbonyl (C=O) groups is 1. The molecule has 2 saturated heterocycles. The maximum Gasteiger partial charge on any atom is 0.317 e. The Labute approximate surface area is 146 Å². The van der Waals surface area contributed by atoms with Gasteiger partial charge >= 0.3 is 6.03 Å². The molecule has 0 aromatic heterocycles.